The minimum Gasteiger partial charge on any atom is -0.457 e. The second kappa shape index (κ2) is 8.71. The molecule has 6 nitrogen and oxygen atoms in total. The summed E-state index contributed by atoms with van der Waals surface area (Å²) in [6, 6.07) is 16.6. The topological polar surface area (TPSA) is 65.4 Å². The van der Waals surface area contributed by atoms with E-state index in [1.54, 1.807) is 30.5 Å². The first-order chi connectivity index (χ1) is 13.8. The average Bonchev–Trinajstić information content (AvgIpc) is 3.17. The van der Waals surface area contributed by atoms with Crippen molar-refractivity contribution < 1.29 is 14.3 Å². The van der Waals surface area contributed by atoms with Crippen molar-refractivity contribution in [2.75, 3.05) is 11.9 Å². The van der Waals surface area contributed by atoms with Gasteiger partial charge in [-0.1, -0.05) is 18.2 Å². The van der Waals surface area contributed by atoms with E-state index >= 15 is 0 Å². The van der Waals surface area contributed by atoms with Crippen LogP contribution >= 0.6 is 0 Å². The van der Waals surface area contributed by atoms with E-state index in [9.17, 15) is 4.79 Å². The summed E-state index contributed by atoms with van der Waals surface area (Å²) in [6.45, 7) is 1.53. The predicted octanol–water partition coefficient (Wildman–Crippen LogP) is 4.50. The number of nitrogens with one attached hydrogen (secondary N) is 1. The van der Waals surface area contributed by atoms with Gasteiger partial charge in [-0.05, 0) is 55.7 Å². The first-order valence-electron chi connectivity index (χ1n) is 9.55. The SMILES string of the molecule is O=C(Nc1cnn(CC2CCCCO2)c1)c1ccc(Oc2ccccc2)cc1. The fraction of sp³-hybridized carbons (Fsp3) is 0.273. The molecule has 0 radical (unpaired) electrons. The number of para-hydroxylation sites is 1. The summed E-state index contributed by atoms with van der Waals surface area (Å²) in [6.07, 6.45) is 7.08. The monoisotopic (exact) mass is 377 g/mol. The zero-order valence-corrected chi connectivity index (χ0v) is 15.6. The van der Waals surface area contributed by atoms with E-state index in [0.717, 1.165) is 25.2 Å². The highest BCUT2D eigenvalue weighted by atomic mass is 16.5. The Morgan fingerprint density at radius 2 is 1.89 bits per heavy atom. The molecule has 1 atom stereocenters. The van der Waals surface area contributed by atoms with E-state index in [0.29, 0.717) is 23.5 Å². The molecule has 1 saturated heterocycles. The van der Waals surface area contributed by atoms with E-state index in [4.69, 9.17) is 9.47 Å². The summed E-state index contributed by atoms with van der Waals surface area (Å²) in [4.78, 5) is 12.5. The van der Waals surface area contributed by atoms with E-state index < -0.39 is 0 Å². The number of carbonyl (C=O) groups excluding carboxylic acids is 1. The molecule has 4 rings (SSSR count). The van der Waals surface area contributed by atoms with Gasteiger partial charge in [0.2, 0.25) is 0 Å². The van der Waals surface area contributed by atoms with Gasteiger partial charge in [0, 0.05) is 18.4 Å². The Labute approximate surface area is 164 Å². The van der Waals surface area contributed by atoms with E-state index in [1.165, 1.54) is 6.42 Å². The fourth-order valence-corrected chi connectivity index (χ4v) is 3.19. The van der Waals surface area contributed by atoms with Crippen molar-refractivity contribution >= 4 is 11.6 Å². The van der Waals surface area contributed by atoms with E-state index in [-0.39, 0.29) is 12.0 Å². The van der Waals surface area contributed by atoms with Gasteiger partial charge in [-0.2, -0.15) is 5.10 Å². The van der Waals surface area contributed by atoms with Crippen LogP contribution < -0.4 is 10.1 Å². The number of hydrogen-bond donors (Lipinski definition) is 1. The molecule has 28 heavy (non-hydrogen) atoms. The third-order valence-electron chi connectivity index (χ3n) is 4.65. The highest BCUT2D eigenvalue weighted by Crippen LogP contribution is 2.21. The Morgan fingerprint density at radius 1 is 1.11 bits per heavy atom. The van der Waals surface area contributed by atoms with Crippen molar-refractivity contribution in [3.63, 3.8) is 0 Å². The van der Waals surface area contributed by atoms with Crippen molar-refractivity contribution in [3.8, 4) is 11.5 Å². The Hall–Kier alpha value is -3.12. The summed E-state index contributed by atoms with van der Waals surface area (Å²) in [5, 5.41) is 7.20. The fourth-order valence-electron chi connectivity index (χ4n) is 3.19. The zero-order valence-electron chi connectivity index (χ0n) is 15.6. The van der Waals surface area contributed by atoms with Crippen LogP contribution in [0.15, 0.2) is 67.0 Å². The number of aromatic nitrogens is 2. The second-order valence-corrected chi connectivity index (χ2v) is 6.83. The molecule has 1 unspecified atom stereocenters. The van der Waals surface area contributed by atoms with Crippen LogP contribution in [0.5, 0.6) is 11.5 Å². The Balaban J connectivity index is 1.33. The molecule has 0 saturated carbocycles. The lowest BCUT2D eigenvalue weighted by Gasteiger charge is -2.22. The molecule has 1 aliphatic heterocycles. The van der Waals surface area contributed by atoms with Crippen LogP contribution in [0.2, 0.25) is 0 Å². The maximum Gasteiger partial charge on any atom is 0.255 e. The molecule has 6 heteroatoms. The standard InChI is InChI=1S/C22H23N3O3/c26-22(17-9-11-20(12-10-17)28-19-6-2-1-3-7-19)24-18-14-23-25(15-18)16-21-8-4-5-13-27-21/h1-3,6-7,9-12,14-15,21H,4-5,8,13,16H2,(H,24,26). The number of anilines is 1. The third kappa shape index (κ3) is 4.78. The van der Waals surface area contributed by atoms with Gasteiger partial charge in [-0.25, -0.2) is 0 Å². The van der Waals surface area contributed by atoms with Crippen molar-refractivity contribution in [2.24, 2.45) is 0 Å². The van der Waals surface area contributed by atoms with Crippen molar-refractivity contribution in [1.82, 2.24) is 9.78 Å². The maximum atomic E-state index is 12.5. The molecular formula is C22H23N3O3. The first-order valence-corrected chi connectivity index (χ1v) is 9.55. The molecule has 1 aromatic heterocycles. The van der Waals surface area contributed by atoms with Gasteiger partial charge in [0.25, 0.3) is 5.91 Å². The molecule has 1 aliphatic rings. The molecule has 1 fully saturated rings. The first kappa shape index (κ1) is 18.3. The Kier molecular flexibility index (Phi) is 5.68. The van der Waals surface area contributed by atoms with Crippen LogP contribution in [-0.2, 0) is 11.3 Å². The van der Waals surface area contributed by atoms with E-state index in [1.807, 2.05) is 41.2 Å². The molecule has 2 heterocycles. The van der Waals surface area contributed by atoms with Crippen molar-refractivity contribution in [1.29, 1.82) is 0 Å². The van der Waals surface area contributed by atoms with Crippen LogP contribution in [-0.4, -0.2) is 28.4 Å². The summed E-state index contributed by atoms with van der Waals surface area (Å²) in [7, 11) is 0. The third-order valence-corrected chi connectivity index (χ3v) is 4.65. The average molecular weight is 377 g/mol. The summed E-state index contributed by atoms with van der Waals surface area (Å²) in [5.41, 5.74) is 1.23. The van der Waals surface area contributed by atoms with Gasteiger partial charge in [0.1, 0.15) is 11.5 Å². The van der Waals surface area contributed by atoms with Crippen LogP contribution in [0.4, 0.5) is 5.69 Å². The summed E-state index contributed by atoms with van der Waals surface area (Å²) < 4.78 is 13.3. The lowest BCUT2D eigenvalue weighted by atomic mass is 10.1. The smallest absolute Gasteiger partial charge is 0.255 e. The molecule has 0 bridgehead atoms. The highest BCUT2D eigenvalue weighted by molar-refractivity contribution is 6.04. The molecule has 0 aliphatic carbocycles. The highest BCUT2D eigenvalue weighted by Gasteiger charge is 2.15. The number of benzene rings is 2. The Morgan fingerprint density at radius 3 is 2.64 bits per heavy atom. The van der Waals surface area contributed by atoms with Gasteiger partial charge >= 0.3 is 0 Å². The molecule has 1 N–H and O–H groups in total. The number of rotatable bonds is 6. The molecule has 0 spiro atoms. The van der Waals surface area contributed by atoms with Gasteiger partial charge in [0.05, 0.1) is 24.5 Å². The van der Waals surface area contributed by atoms with E-state index in [2.05, 4.69) is 10.4 Å². The van der Waals surface area contributed by atoms with Crippen molar-refractivity contribution in [2.45, 2.75) is 31.9 Å². The number of ether oxygens (including phenoxy) is 2. The quantitative estimate of drug-likeness (QED) is 0.687. The molecular weight excluding hydrogens is 354 g/mol. The maximum absolute atomic E-state index is 12.5. The zero-order chi connectivity index (χ0) is 19.2. The van der Waals surface area contributed by atoms with Gasteiger partial charge < -0.3 is 14.8 Å². The van der Waals surface area contributed by atoms with Crippen LogP contribution in [0.25, 0.3) is 0 Å². The van der Waals surface area contributed by atoms with Gasteiger partial charge in [-0.15, -0.1) is 0 Å². The molecule has 3 aromatic rings. The number of nitrogens with zero attached hydrogens (tertiary/aromatic N) is 2. The van der Waals surface area contributed by atoms with Gasteiger partial charge in [0.15, 0.2) is 0 Å². The van der Waals surface area contributed by atoms with Crippen LogP contribution in [0.1, 0.15) is 29.6 Å². The number of amides is 1. The normalized spacial score (nSPS) is 16.5. The molecule has 2 aromatic carbocycles. The van der Waals surface area contributed by atoms with Crippen molar-refractivity contribution in [3.05, 3.63) is 72.6 Å². The lowest BCUT2D eigenvalue weighted by Crippen LogP contribution is -2.24. The second-order valence-electron chi connectivity index (χ2n) is 6.83. The summed E-state index contributed by atoms with van der Waals surface area (Å²) >= 11 is 0. The van der Waals surface area contributed by atoms with Crippen LogP contribution in [0.3, 0.4) is 0 Å². The minimum absolute atomic E-state index is 0.181. The summed E-state index contributed by atoms with van der Waals surface area (Å²) in [5.74, 6) is 1.26. The molecule has 1 amide bonds. The van der Waals surface area contributed by atoms with Crippen LogP contribution in [0, 0.1) is 0 Å². The Bertz CT molecular complexity index is 900. The molecule has 144 valence electrons. The number of carbonyl (C=O) groups is 1. The minimum atomic E-state index is -0.181. The lowest BCUT2D eigenvalue weighted by molar-refractivity contribution is 0.00400. The largest absolute Gasteiger partial charge is 0.457 e. The predicted molar refractivity (Wildman–Crippen MR) is 107 cm³/mol. The van der Waals surface area contributed by atoms with Gasteiger partial charge in [-0.3, -0.25) is 9.48 Å². The number of hydrogen-bond acceptors (Lipinski definition) is 4.